The third-order valence-electron chi connectivity index (χ3n) is 3.00. The normalized spacial score (nSPS) is 24.1. The van der Waals surface area contributed by atoms with Crippen LogP contribution in [0.15, 0.2) is 24.3 Å². The summed E-state index contributed by atoms with van der Waals surface area (Å²) in [5, 5.41) is 0. The molecule has 3 nitrogen and oxygen atoms in total. The molecule has 0 saturated carbocycles. The molecule has 0 aromatic heterocycles. The van der Waals surface area contributed by atoms with Crippen LogP contribution < -0.4 is 0 Å². The molecule has 1 saturated heterocycles. The first kappa shape index (κ1) is 12.0. The summed E-state index contributed by atoms with van der Waals surface area (Å²) in [4.78, 5) is 13.4. The van der Waals surface area contributed by atoms with Crippen molar-refractivity contribution in [3.8, 4) is 0 Å². The van der Waals surface area contributed by atoms with Crippen molar-refractivity contribution < 1.29 is 13.9 Å². The van der Waals surface area contributed by atoms with Crippen molar-refractivity contribution in [3.05, 3.63) is 35.6 Å². The van der Waals surface area contributed by atoms with Gasteiger partial charge < -0.3 is 4.74 Å². The van der Waals surface area contributed by atoms with Crippen molar-refractivity contribution >= 4 is 5.97 Å². The molecule has 1 heterocycles. The number of likely N-dealkylation sites (N-methyl/N-ethyl adjacent to an activating group) is 1. The summed E-state index contributed by atoms with van der Waals surface area (Å²) in [6.45, 7) is 2.43. The SMILES string of the molecule is CC1CC(N(C)Cc2cccc(F)c2)C(=O)O1. The number of benzene rings is 1. The Kier molecular flexibility index (Phi) is 3.43. The number of ether oxygens (including phenoxy) is 1. The van der Waals surface area contributed by atoms with Gasteiger partial charge >= 0.3 is 5.97 Å². The van der Waals surface area contributed by atoms with Crippen molar-refractivity contribution in [1.82, 2.24) is 4.90 Å². The quantitative estimate of drug-likeness (QED) is 0.753. The number of halogens is 1. The molecule has 2 atom stereocenters. The Morgan fingerprint density at radius 3 is 2.88 bits per heavy atom. The molecule has 1 fully saturated rings. The van der Waals surface area contributed by atoms with Gasteiger partial charge in [0.15, 0.2) is 0 Å². The van der Waals surface area contributed by atoms with Crippen molar-refractivity contribution in [2.24, 2.45) is 0 Å². The fourth-order valence-corrected chi connectivity index (χ4v) is 2.13. The van der Waals surface area contributed by atoms with Gasteiger partial charge in [0.25, 0.3) is 0 Å². The minimum atomic E-state index is -0.252. The summed E-state index contributed by atoms with van der Waals surface area (Å²) in [5.74, 6) is -0.435. The van der Waals surface area contributed by atoms with Crippen LogP contribution in [0.25, 0.3) is 0 Å². The van der Waals surface area contributed by atoms with Gasteiger partial charge in [0.2, 0.25) is 0 Å². The number of carbonyl (C=O) groups excluding carboxylic acids is 1. The van der Waals surface area contributed by atoms with E-state index < -0.39 is 0 Å². The van der Waals surface area contributed by atoms with Crippen molar-refractivity contribution in [3.63, 3.8) is 0 Å². The maximum absolute atomic E-state index is 13.0. The van der Waals surface area contributed by atoms with E-state index in [4.69, 9.17) is 4.74 Å². The lowest BCUT2D eigenvalue weighted by atomic mass is 10.1. The molecule has 0 radical (unpaired) electrons. The van der Waals surface area contributed by atoms with Gasteiger partial charge in [0.05, 0.1) is 0 Å². The number of nitrogens with zero attached hydrogens (tertiary/aromatic N) is 1. The van der Waals surface area contributed by atoms with Gasteiger partial charge in [-0.05, 0) is 31.7 Å². The molecule has 2 rings (SSSR count). The van der Waals surface area contributed by atoms with E-state index in [2.05, 4.69) is 0 Å². The van der Waals surface area contributed by atoms with E-state index in [0.717, 1.165) is 5.56 Å². The molecule has 0 bridgehead atoms. The van der Waals surface area contributed by atoms with Crippen LogP contribution in [0.1, 0.15) is 18.9 Å². The van der Waals surface area contributed by atoms with Gasteiger partial charge in [-0.15, -0.1) is 0 Å². The van der Waals surface area contributed by atoms with Gasteiger partial charge in [-0.25, -0.2) is 4.39 Å². The van der Waals surface area contributed by atoms with Crippen molar-refractivity contribution in [1.29, 1.82) is 0 Å². The smallest absolute Gasteiger partial charge is 0.323 e. The Morgan fingerprint density at radius 2 is 2.29 bits per heavy atom. The highest BCUT2D eigenvalue weighted by Crippen LogP contribution is 2.20. The monoisotopic (exact) mass is 237 g/mol. The Labute approximate surface area is 100 Å². The molecular formula is C13H16FNO2. The van der Waals surface area contributed by atoms with Crippen LogP contribution in [0.5, 0.6) is 0 Å². The average Bonchev–Trinajstić information content (AvgIpc) is 2.58. The summed E-state index contributed by atoms with van der Waals surface area (Å²) in [6.07, 6.45) is 0.674. The van der Waals surface area contributed by atoms with Crippen LogP contribution in [-0.4, -0.2) is 30.1 Å². The fraction of sp³-hybridized carbons (Fsp3) is 0.462. The largest absolute Gasteiger partial charge is 0.461 e. The van der Waals surface area contributed by atoms with Gasteiger partial charge in [0, 0.05) is 13.0 Å². The molecule has 0 amide bonds. The zero-order valence-electron chi connectivity index (χ0n) is 10.0. The van der Waals surface area contributed by atoms with E-state index in [1.165, 1.54) is 12.1 Å². The van der Waals surface area contributed by atoms with Crippen LogP contribution in [0, 0.1) is 5.82 Å². The first-order valence-electron chi connectivity index (χ1n) is 5.71. The predicted molar refractivity (Wildman–Crippen MR) is 61.8 cm³/mol. The number of hydrogen-bond acceptors (Lipinski definition) is 3. The van der Waals surface area contributed by atoms with Crippen LogP contribution in [0.4, 0.5) is 4.39 Å². The molecule has 1 aliphatic heterocycles. The van der Waals surface area contributed by atoms with Crippen molar-refractivity contribution in [2.45, 2.75) is 32.0 Å². The maximum Gasteiger partial charge on any atom is 0.323 e. The zero-order valence-corrected chi connectivity index (χ0v) is 10.0. The third-order valence-corrected chi connectivity index (χ3v) is 3.00. The fourth-order valence-electron chi connectivity index (χ4n) is 2.13. The number of rotatable bonds is 3. The number of cyclic esters (lactones) is 1. The van der Waals surface area contributed by atoms with Gasteiger partial charge in [-0.3, -0.25) is 9.69 Å². The topological polar surface area (TPSA) is 29.5 Å². The second kappa shape index (κ2) is 4.84. The van der Waals surface area contributed by atoms with Crippen LogP contribution in [-0.2, 0) is 16.1 Å². The molecule has 0 N–H and O–H groups in total. The van der Waals surface area contributed by atoms with E-state index in [9.17, 15) is 9.18 Å². The lowest BCUT2D eigenvalue weighted by Gasteiger charge is -2.20. The first-order chi connectivity index (χ1) is 8.06. The molecule has 17 heavy (non-hydrogen) atoms. The Balaban J connectivity index is 2.02. The summed E-state index contributed by atoms with van der Waals surface area (Å²) in [5.41, 5.74) is 0.861. The molecule has 1 aromatic rings. The lowest BCUT2D eigenvalue weighted by Crippen LogP contribution is -2.34. The second-order valence-electron chi connectivity index (χ2n) is 4.54. The van der Waals surface area contributed by atoms with Crippen LogP contribution in [0.2, 0.25) is 0 Å². The number of hydrogen-bond donors (Lipinski definition) is 0. The minimum Gasteiger partial charge on any atom is -0.461 e. The molecule has 0 aliphatic carbocycles. The van der Waals surface area contributed by atoms with Gasteiger partial charge in [-0.2, -0.15) is 0 Å². The molecule has 4 heteroatoms. The van der Waals surface area contributed by atoms with Crippen LogP contribution in [0.3, 0.4) is 0 Å². The average molecular weight is 237 g/mol. The number of esters is 1. The summed E-state index contributed by atoms with van der Waals surface area (Å²) >= 11 is 0. The number of carbonyl (C=O) groups is 1. The maximum atomic E-state index is 13.0. The second-order valence-corrected chi connectivity index (χ2v) is 4.54. The standard InChI is InChI=1S/C13H16FNO2/c1-9-6-12(13(16)17-9)15(2)8-10-4-3-5-11(14)7-10/h3-5,7,9,12H,6,8H2,1-2H3. The predicted octanol–water partition coefficient (Wildman–Crippen LogP) is 1.96. The summed E-state index contributed by atoms with van der Waals surface area (Å²) in [6, 6.07) is 6.21. The summed E-state index contributed by atoms with van der Waals surface area (Å²) < 4.78 is 18.1. The van der Waals surface area contributed by atoms with Crippen LogP contribution >= 0.6 is 0 Å². The van der Waals surface area contributed by atoms with Gasteiger partial charge in [-0.1, -0.05) is 12.1 Å². The van der Waals surface area contributed by atoms with E-state index in [0.29, 0.717) is 13.0 Å². The Hall–Kier alpha value is -1.42. The molecule has 0 spiro atoms. The molecule has 1 aliphatic rings. The van der Waals surface area contributed by atoms with E-state index in [1.54, 1.807) is 6.07 Å². The summed E-state index contributed by atoms with van der Waals surface area (Å²) in [7, 11) is 1.86. The zero-order chi connectivity index (χ0) is 12.4. The highest BCUT2D eigenvalue weighted by atomic mass is 19.1. The first-order valence-corrected chi connectivity index (χ1v) is 5.71. The Morgan fingerprint density at radius 1 is 1.53 bits per heavy atom. The highest BCUT2D eigenvalue weighted by Gasteiger charge is 2.34. The van der Waals surface area contributed by atoms with Crippen molar-refractivity contribution in [2.75, 3.05) is 7.05 Å². The molecule has 1 aromatic carbocycles. The minimum absolute atomic E-state index is 0.0255. The highest BCUT2D eigenvalue weighted by molar-refractivity contribution is 5.77. The molecule has 2 unspecified atom stereocenters. The Bertz CT molecular complexity index is 422. The van der Waals surface area contributed by atoms with Gasteiger partial charge in [0.1, 0.15) is 18.0 Å². The van der Waals surface area contributed by atoms with E-state index in [-0.39, 0.29) is 23.9 Å². The third kappa shape index (κ3) is 2.82. The van der Waals surface area contributed by atoms with E-state index >= 15 is 0 Å². The lowest BCUT2D eigenvalue weighted by molar-refractivity contribution is -0.144. The molecule has 92 valence electrons. The van der Waals surface area contributed by atoms with E-state index in [1.807, 2.05) is 24.9 Å². The molecular weight excluding hydrogens is 221 g/mol.